The minimum absolute atomic E-state index is 0.132. The molecule has 0 saturated carbocycles. The molecular weight excluding hydrogens is 406 g/mol. The fourth-order valence-corrected chi connectivity index (χ4v) is 5.37. The average molecular weight is 434 g/mol. The van der Waals surface area contributed by atoms with Gasteiger partial charge in [0.2, 0.25) is 0 Å². The van der Waals surface area contributed by atoms with Crippen LogP contribution >= 0.6 is 22.9 Å². The number of carbonyl (C=O) groups excluding carboxylic acids is 1. The molecule has 2 aromatic heterocycles. The molecule has 4 rings (SSSR count). The standard InChI is InChI=1S/C21H28ClN5OS/c1-15-4-3-9-27(14-15)16-6-10-26(11-7-16)21-25-13-19(29-21)20(28)24-12-18-17(22)5-2-8-23-18/h2,5,8,13,15-16H,3-4,6-7,9-12,14H2,1H3,(H,24,28)/t15-/m1/s1. The molecule has 0 unspecified atom stereocenters. The molecule has 0 aromatic carbocycles. The molecule has 2 aliphatic rings. The lowest BCUT2D eigenvalue weighted by atomic mass is 9.95. The van der Waals surface area contributed by atoms with E-state index in [9.17, 15) is 4.79 Å². The lowest BCUT2D eigenvalue weighted by molar-refractivity contribution is 0.0954. The Morgan fingerprint density at radius 2 is 2.10 bits per heavy atom. The van der Waals surface area contributed by atoms with E-state index in [0.717, 1.165) is 24.1 Å². The molecule has 0 aliphatic carbocycles. The van der Waals surface area contributed by atoms with Crippen molar-refractivity contribution in [3.8, 4) is 0 Å². The highest BCUT2D eigenvalue weighted by Gasteiger charge is 2.28. The molecule has 0 spiro atoms. The number of halogens is 1. The summed E-state index contributed by atoms with van der Waals surface area (Å²) in [5.41, 5.74) is 0.668. The van der Waals surface area contributed by atoms with Crippen molar-refractivity contribution in [2.45, 2.75) is 45.2 Å². The van der Waals surface area contributed by atoms with Crippen molar-refractivity contribution in [1.82, 2.24) is 20.2 Å². The van der Waals surface area contributed by atoms with E-state index < -0.39 is 0 Å². The van der Waals surface area contributed by atoms with Crippen LogP contribution in [0.25, 0.3) is 0 Å². The quantitative estimate of drug-likeness (QED) is 0.776. The zero-order valence-corrected chi connectivity index (χ0v) is 18.4. The van der Waals surface area contributed by atoms with E-state index in [2.05, 4.69) is 32.0 Å². The second-order valence-corrected chi connectivity index (χ2v) is 9.50. The Bertz CT molecular complexity index is 836. The number of hydrogen-bond donors (Lipinski definition) is 1. The molecule has 2 aromatic rings. The molecule has 6 nitrogen and oxygen atoms in total. The maximum atomic E-state index is 12.5. The Morgan fingerprint density at radius 1 is 1.28 bits per heavy atom. The summed E-state index contributed by atoms with van der Waals surface area (Å²) in [6, 6.07) is 4.24. The first-order valence-corrected chi connectivity index (χ1v) is 11.6. The Morgan fingerprint density at radius 3 is 2.86 bits per heavy atom. The highest BCUT2D eigenvalue weighted by atomic mass is 35.5. The number of aromatic nitrogens is 2. The fourth-order valence-electron chi connectivity index (χ4n) is 4.30. The summed E-state index contributed by atoms with van der Waals surface area (Å²) in [5.74, 6) is 0.690. The van der Waals surface area contributed by atoms with Gasteiger partial charge in [-0.05, 0) is 50.3 Å². The van der Waals surface area contributed by atoms with Gasteiger partial charge < -0.3 is 10.2 Å². The largest absolute Gasteiger partial charge is 0.348 e. The minimum Gasteiger partial charge on any atom is -0.348 e. The Kier molecular flexibility index (Phi) is 6.67. The molecule has 1 atom stereocenters. The molecular formula is C21H28ClN5OS. The van der Waals surface area contributed by atoms with E-state index >= 15 is 0 Å². The third-order valence-electron chi connectivity index (χ3n) is 5.91. The number of pyridine rings is 1. The number of piperidine rings is 2. The van der Waals surface area contributed by atoms with Crippen molar-refractivity contribution in [2.75, 3.05) is 31.1 Å². The zero-order valence-electron chi connectivity index (χ0n) is 16.8. The van der Waals surface area contributed by atoms with Gasteiger partial charge in [0.05, 0.1) is 23.5 Å². The van der Waals surface area contributed by atoms with Crippen molar-refractivity contribution in [3.63, 3.8) is 0 Å². The molecule has 1 amide bonds. The highest BCUT2D eigenvalue weighted by molar-refractivity contribution is 7.17. The number of likely N-dealkylation sites (tertiary alicyclic amines) is 1. The molecule has 29 heavy (non-hydrogen) atoms. The molecule has 1 N–H and O–H groups in total. The average Bonchev–Trinajstić information content (AvgIpc) is 3.23. The van der Waals surface area contributed by atoms with Gasteiger partial charge in [0, 0.05) is 31.9 Å². The lowest BCUT2D eigenvalue weighted by Crippen LogP contribution is -2.48. The van der Waals surface area contributed by atoms with Gasteiger partial charge in [-0.25, -0.2) is 4.98 Å². The van der Waals surface area contributed by atoms with Crippen molar-refractivity contribution < 1.29 is 4.79 Å². The van der Waals surface area contributed by atoms with Crippen LogP contribution in [-0.4, -0.2) is 53.0 Å². The van der Waals surface area contributed by atoms with Gasteiger partial charge >= 0.3 is 0 Å². The van der Waals surface area contributed by atoms with Crippen molar-refractivity contribution in [2.24, 2.45) is 5.92 Å². The van der Waals surface area contributed by atoms with Gasteiger partial charge in [-0.15, -0.1) is 0 Å². The number of rotatable bonds is 5. The summed E-state index contributed by atoms with van der Waals surface area (Å²) in [5, 5.41) is 4.39. The molecule has 2 aliphatic heterocycles. The highest BCUT2D eigenvalue weighted by Crippen LogP contribution is 2.29. The number of anilines is 1. The van der Waals surface area contributed by atoms with Gasteiger partial charge in [0.15, 0.2) is 5.13 Å². The van der Waals surface area contributed by atoms with Gasteiger partial charge in [0.1, 0.15) is 4.88 Å². The lowest BCUT2D eigenvalue weighted by Gasteiger charge is -2.41. The van der Waals surface area contributed by atoms with Crippen LogP contribution < -0.4 is 10.2 Å². The summed E-state index contributed by atoms with van der Waals surface area (Å²) in [6.45, 7) is 7.18. The molecule has 4 heterocycles. The van der Waals surface area contributed by atoms with Crippen LogP contribution in [-0.2, 0) is 6.54 Å². The van der Waals surface area contributed by atoms with E-state index in [-0.39, 0.29) is 5.91 Å². The van der Waals surface area contributed by atoms with Crippen LogP contribution in [0.5, 0.6) is 0 Å². The van der Waals surface area contributed by atoms with Gasteiger partial charge in [-0.2, -0.15) is 0 Å². The van der Waals surface area contributed by atoms with Gasteiger partial charge in [-0.1, -0.05) is 29.9 Å². The molecule has 156 valence electrons. The van der Waals surface area contributed by atoms with E-state index in [4.69, 9.17) is 11.6 Å². The van der Waals surface area contributed by atoms with Crippen LogP contribution in [0.4, 0.5) is 5.13 Å². The van der Waals surface area contributed by atoms with Gasteiger partial charge in [-0.3, -0.25) is 14.7 Å². The molecule has 8 heteroatoms. The monoisotopic (exact) mass is 433 g/mol. The number of amides is 1. The second-order valence-electron chi connectivity index (χ2n) is 8.08. The Labute approximate surface area is 181 Å². The van der Waals surface area contributed by atoms with Crippen molar-refractivity contribution in [1.29, 1.82) is 0 Å². The number of nitrogens with one attached hydrogen (secondary N) is 1. The summed E-state index contributed by atoms with van der Waals surface area (Å²) < 4.78 is 0. The maximum absolute atomic E-state index is 12.5. The first-order chi connectivity index (χ1) is 14.1. The first-order valence-electron chi connectivity index (χ1n) is 10.4. The Hall–Kier alpha value is -1.70. The van der Waals surface area contributed by atoms with Crippen LogP contribution in [0.3, 0.4) is 0 Å². The summed E-state index contributed by atoms with van der Waals surface area (Å²) >= 11 is 7.56. The number of thiazole rings is 1. The van der Waals surface area contributed by atoms with E-state index in [1.54, 1.807) is 24.5 Å². The second kappa shape index (κ2) is 9.41. The van der Waals surface area contributed by atoms with E-state index in [0.29, 0.717) is 28.2 Å². The SMILES string of the molecule is C[C@@H]1CCCN(C2CCN(c3ncc(C(=O)NCc4ncccc4Cl)s3)CC2)C1. The van der Waals surface area contributed by atoms with Crippen molar-refractivity contribution >= 4 is 34.0 Å². The fraction of sp³-hybridized carbons (Fsp3) is 0.571. The number of nitrogens with zero attached hydrogens (tertiary/aromatic N) is 4. The molecule has 2 saturated heterocycles. The van der Waals surface area contributed by atoms with E-state index in [1.165, 1.54) is 50.1 Å². The number of carbonyl (C=O) groups is 1. The van der Waals surface area contributed by atoms with Gasteiger partial charge in [0.25, 0.3) is 5.91 Å². The number of hydrogen-bond acceptors (Lipinski definition) is 6. The topological polar surface area (TPSA) is 61.4 Å². The summed E-state index contributed by atoms with van der Waals surface area (Å²) in [6.07, 6.45) is 8.39. The minimum atomic E-state index is -0.132. The molecule has 0 bridgehead atoms. The van der Waals surface area contributed by atoms with Crippen LogP contribution in [0.1, 0.15) is 48.0 Å². The third kappa shape index (κ3) is 5.08. The van der Waals surface area contributed by atoms with E-state index in [1.807, 2.05) is 0 Å². The predicted molar refractivity (Wildman–Crippen MR) is 118 cm³/mol. The molecule has 2 fully saturated rings. The summed E-state index contributed by atoms with van der Waals surface area (Å²) in [4.78, 5) is 26.8. The van der Waals surface area contributed by atoms with Crippen LogP contribution in [0.15, 0.2) is 24.5 Å². The smallest absolute Gasteiger partial charge is 0.263 e. The first kappa shape index (κ1) is 20.6. The van der Waals surface area contributed by atoms with Crippen molar-refractivity contribution in [3.05, 3.63) is 40.1 Å². The van der Waals surface area contributed by atoms with Crippen LogP contribution in [0.2, 0.25) is 5.02 Å². The maximum Gasteiger partial charge on any atom is 0.263 e. The Balaban J connectivity index is 1.29. The molecule has 0 radical (unpaired) electrons. The summed E-state index contributed by atoms with van der Waals surface area (Å²) in [7, 11) is 0. The van der Waals surface area contributed by atoms with Crippen LogP contribution in [0, 0.1) is 5.92 Å². The predicted octanol–water partition coefficient (Wildman–Crippen LogP) is 3.82. The normalized spacial score (nSPS) is 21.3. The zero-order chi connectivity index (χ0) is 20.2. The third-order valence-corrected chi connectivity index (χ3v) is 7.31.